The van der Waals surface area contributed by atoms with Crippen molar-refractivity contribution in [3.63, 3.8) is 0 Å². The van der Waals surface area contributed by atoms with Gasteiger partial charge in [0.1, 0.15) is 0 Å². The molecule has 4 heteroatoms. The summed E-state index contributed by atoms with van der Waals surface area (Å²) >= 11 is 6.35. The zero-order valence-corrected chi connectivity index (χ0v) is 11.7. The monoisotopic (exact) mass is 279 g/mol. The van der Waals surface area contributed by atoms with Gasteiger partial charge in [0.25, 0.3) is 0 Å². The number of nitrogens with one attached hydrogen (secondary N) is 1. The lowest BCUT2D eigenvalue weighted by Crippen LogP contribution is -2.41. The summed E-state index contributed by atoms with van der Waals surface area (Å²) in [6.45, 7) is 0.712. The largest absolute Gasteiger partial charge is 0.312 e. The maximum atomic E-state index is 13.3. The zero-order valence-electron chi connectivity index (χ0n) is 10.9. The molecule has 3 unspecified atom stereocenters. The summed E-state index contributed by atoms with van der Waals surface area (Å²) in [6, 6.07) is 0.324. The first-order chi connectivity index (χ1) is 8.57. The van der Waals surface area contributed by atoms with Gasteiger partial charge in [-0.3, -0.25) is 0 Å². The molecule has 0 aliphatic heterocycles. The summed E-state index contributed by atoms with van der Waals surface area (Å²) in [4.78, 5) is 0. The van der Waals surface area contributed by atoms with E-state index < -0.39 is 5.92 Å². The molecule has 0 amide bonds. The smallest absolute Gasteiger partial charge is 0.248 e. The van der Waals surface area contributed by atoms with E-state index in [0.717, 1.165) is 19.3 Å². The number of hydrogen-bond acceptors (Lipinski definition) is 1. The minimum Gasteiger partial charge on any atom is -0.312 e. The molecule has 0 heterocycles. The van der Waals surface area contributed by atoms with E-state index in [1.807, 2.05) is 0 Å². The molecule has 106 valence electrons. The molecule has 0 spiro atoms. The summed E-state index contributed by atoms with van der Waals surface area (Å²) in [5.41, 5.74) is 0. The Morgan fingerprint density at radius 2 is 1.83 bits per heavy atom. The van der Waals surface area contributed by atoms with Crippen LogP contribution < -0.4 is 5.32 Å². The second kappa shape index (κ2) is 6.51. The fourth-order valence-electron chi connectivity index (χ4n) is 3.26. The first-order valence-electron chi connectivity index (χ1n) is 7.32. The summed E-state index contributed by atoms with van der Waals surface area (Å²) < 4.78 is 26.6. The third kappa shape index (κ3) is 4.34. The minimum absolute atomic E-state index is 0.0552. The van der Waals surface area contributed by atoms with Gasteiger partial charge in [0.2, 0.25) is 5.92 Å². The predicted octanol–water partition coefficient (Wildman–Crippen LogP) is 4.34. The van der Waals surface area contributed by atoms with Crippen LogP contribution in [0.4, 0.5) is 8.78 Å². The Hall–Kier alpha value is 0.110. The highest BCUT2D eigenvalue weighted by Gasteiger charge is 2.36. The van der Waals surface area contributed by atoms with Crippen molar-refractivity contribution in [3.05, 3.63) is 0 Å². The van der Waals surface area contributed by atoms with Gasteiger partial charge in [0.15, 0.2) is 0 Å². The molecule has 18 heavy (non-hydrogen) atoms. The SMILES string of the molecule is FC1(F)CCCC(CNC2CCCCCC2Cl)C1. The van der Waals surface area contributed by atoms with Crippen LogP contribution in [0.15, 0.2) is 0 Å². The minimum atomic E-state index is -2.44. The van der Waals surface area contributed by atoms with Crippen LogP contribution in [0.25, 0.3) is 0 Å². The molecule has 3 atom stereocenters. The van der Waals surface area contributed by atoms with Gasteiger partial charge in [-0.1, -0.05) is 19.3 Å². The Morgan fingerprint density at radius 1 is 1.06 bits per heavy atom. The molecule has 0 bridgehead atoms. The van der Waals surface area contributed by atoms with Crippen molar-refractivity contribution in [2.45, 2.75) is 75.1 Å². The number of alkyl halides is 3. The van der Waals surface area contributed by atoms with Gasteiger partial charge in [-0.2, -0.15) is 0 Å². The molecule has 2 fully saturated rings. The van der Waals surface area contributed by atoms with Crippen molar-refractivity contribution in [2.75, 3.05) is 6.54 Å². The van der Waals surface area contributed by atoms with E-state index in [1.54, 1.807) is 0 Å². The highest BCUT2D eigenvalue weighted by molar-refractivity contribution is 6.21. The van der Waals surface area contributed by atoms with E-state index in [-0.39, 0.29) is 24.1 Å². The van der Waals surface area contributed by atoms with Crippen molar-refractivity contribution in [1.29, 1.82) is 0 Å². The lowest BCUT2D eigenvalue weighted by atomic mass is 9.86. The summed E-state index contributed by atoms with van der Waals surface area (Å²) in [5.74, 6) is -2.31. The molecule has 0 aromatic rings. The Morgan fingerprint density at radius 3 is 2.61 bits per heavy atom. The molecule has 2 rings (SSSR count). The zero-order chi connectivity index (χ0) is 13.0. The van der Waals surface area contributed by atoms with Crippen molar-refractivity contribution < 1.29 is 8.78 Å². The van der Waals surface area contributed by atoms with Crippen LogP contribution in [-0.4, -0.2) is 23.9 Å². The first kappa shape index (κ1) is 14.5. The highest BCUT2D eigenvalue weighted by Crippen LogP contribution is 2.36. The maximum absolute atomic E-state index is 13.3. The molecule has 2 aliphatic carbocycles. The van der Waals surface area contributed by atoms with Crippen molar-refractivity contribution in [1.82, 2.24) is 5.32 Å². The molecular weight excluding hydrogens is 256 g/mol. The Balaban J connectivity index is 1.76. The van der Waals surface area contributed by atoms with E-state index in [1.165, 1.54) is 19.3 Å². The van der Waals surface area contributed by atoms with Crippen LogP contribution in [0.3, 0.4) is 0 Å². The third-order valence-electron chi connectivity index (χ3n) is 4.34. The van der Waals surface area contributed by atoms with Crippen LogP contribution in [0.5, 0.6) is 0 Å². The molecular formula is C14H24ClF2N. The van der Waals surface area contributed by atoms with Crippen LogP contribution >= 0.6 is 11.6 Å². The average Bonchev–Trinajstić information content (AvgIpc) is 2.50. The van der Waals surface area contributed by atoms with E-state index in [9.17, 15) is 8.78 Å². The number of rotatable bonds is 3. The molecule has 1 N–H and O–H groups in total. The van der Waals surface area contributed by atoms with Crippen molar-refractivity contribution >= 4 is 11.6 Å². The van der Waals surface area contributed by atoms with Gasteiger partial charge in [0.05, 0.1) is 0 Å². The first-order valence-corrected chi connectivity index (χ1v) is 7.76. The molecule has 0 saturated heterocycles. The van der Waals surface area contributed by atoms with Crippen LogP contribution in [0.2, 0.25) is 0 Å². The van der Waals surface area contributed by atoms with E-state index >= 15 is 0 Å². The molecule has 0 aromatic carbocycles. The second-order valence-electron chi connectivity index (χ2n) is 5.99. The fraction of sp³-hybridized carbons (Fsp3) is 1.00. The van der Waals surface area contributed by atoms with Crippen molar-refractivity contribution in [2.24, 2.45) is 5.92 Å². The molecule has 2 saturated carbocycles. The Bertz CT molecular complexity index is 260. The normalized spacial score (nSPS) is 37.2. The Kier molecular flexibility index (Phi) is 5.25. The molecule has 0 aromatic heterocycles. The van der Waals surface area contributed by atoms with Gasteiger partial charge in [0, 0.05) is 24.3 Å². The van der Waals surface area contributed by atoms with E-state index in [2.05, 4.69) is 5.32 Å². The third-order valence-corrected chi connectivity index (χ3v) is 4.86. The quantitative estimate of drug-likeness (QED) is 0.598. The molecule has 2 aliphatic rings. The van der Waals surface area contributed by atoms with Gasteiger partial charge in [-0.15, -0.1) is 11.6 Å². The van der Waals surface area contributed by atoms with Gasteiger partial charge >= 0.3 is 0 Å². The summed E-state index contributed by atoms with van der Waals surface area (Å²) in [5, 5.41) is 3.63. The average molecular weight is 280 g/mol. The topological polar surface area (TPSA) is 12.0 Å². The fourth-order valence-corrected chi connectivity index (χ4v) is 3.63. The summed E-state index contributed by atoms with van der Waals surface area (Å²) in [7, 11) is 0. The maximum Gasteiger partial charge on any atom is 0.248 e. The standard InChI is InChI=1S/C14H24ClF2N/c15-12-6-2-1-3-7-13(12)18-10-11-5-4-8-14(16,17)9-11/h11-13,18H,1-10H2. The van der Waals surface area contributed by atoms with Crippen LogP contribution in [0, 0.1) is 5.92 Å². The lowest BCUT2D eigenvalue weighted by molar-refractivity contribution is -0.0523. The van der Waals surface area contributed by atoms with Gasteiger partial charge in [-0.05, 0) is 38.1 Å². The van der Waals surface area contributed by atoms with Crippen LogP contribution in [0.1, 0.15) is 57.8 Å². The highest BCUT2D eigenvalue weighted by atomic mass is 35.5. The Labute approximate surface area is 114 Å². The van der Waals surface area contributed by atoms with Gasteiger partial charge in [-0.25, -0.2) is 8.78 Å². The van der Waals surface area contributed by atoms with Crippen LogP contribution in [-0.2, 0) is 0 Å². The predicted molar refractivity (Wildman–Crippen MR) is 71.4 cm³/mol. The van der Waals surface area contributed by atoms with E-state index in [4.69, 9.17) is 11.6 Å². The molecule has 1 nitrogen and oxygen atoms in total. The number of halogens is 3. The summed E-state index contributed by atoms with van der Waals surface area (Å²) in [6.07, 6.45) is 7.54. The van der Waals surface area contributed by atoms with E-state index in [0.29, 0.717) is 19.0 Å². The van der Waals surface area contributed by atoms with Crippen molar-refractivity contribution in [3.8, 4) is 0 Å². The van der Waals surface area contributed by atoms with Gasteiger partial charge < -0.3 is 5.32 Å². The molecule has 0 radical (unpaired) electrons. The number of hydrogen-bond donors (Lipinski definition) is 1. The second-order valence-corrected chi connectivity index (χ2v) is 6.55. The lowest BCUT2D eigenvalue weighted by Gasteiger charge is -2.31.